The van der Waals surface area contributed by atoms with Gasteiger partial charge in [0.2, 0.25) is 5.91 Å². The summed E-state index contributed by atoms with van der Waals surface area (Å²) in [5.74, 6) is 0.0191. The third kappa shape index (κ3) is 4.59. The van der Waals surface area contributed by atoms with Crippen LogP contribution in [0.15, 0.2) is 60.8 Å². The van der Waals surface area contributed by atoms with Crippen LogP contribution in [0.2, 0.25) is 0 Å². The van der Waals surface area contributed by atoms with Gasteiger partial charge in [0.1, 0.15) is 17.3 Å². The van der Waals surface area contributed by atoms with Crippen molar-refractivity contribution in [2.75, 3.05) is 16.8 Å². The summed E-state index contributed by atoms with van der Waals surface area (Å²) in [5.41, 5.74) is 5.84. The quantitative estimate of drug-likeness (QED) is 0.390. The first-order valence-electron chi connectivity index (χ1n) is 11.7. The highest BCUT2D eigenvalue weighted by atomic mass is 32.1. The van der Waals surface area contributed by atoms with E-state index in [1.54, 1.807) is 24.5 Å². The van der Waals surface area contributed by atoms with Crippen molar-refractivity contribution >= 4 is 34.5 Å². The molecule has 2 aromatic heterocycles. The first-order chi connectivity index (χ1) is 17.3. The zero-order valence-corrected chi connectivity index (χ0v) is 21.3. The van der Waals surface area contributed by atoms with Crippen LogP contribution in [0.5, 0.6) is 5.75 Å². The van der Waals surface area contributed by atoms with E-state index < -0.39 is 6.10 Å². The smallest absolute Gasteiger partial charge is 0.268 e. The Kier molecular flexibility index (Phi) is 6.28. The number of fused-ring (bicyclic) bond motifs is 1. The van der Waals surface area contributed by atoms with Gasteiger partial charge >= 0.3 is 0 Å². The van der Waals surface area contributed by atoms with Crippen molar-refractivity contribution in [3.8, 4) is 27.7 Å². The number of carbonyl (C=O) groups is 2. The van der Waals surface area contributed by atoms with Gasteiger partial charge < -0.3 is 10.1 Å². The van der Waals surface area contributed by atoms with Gasteiger partial charge in [-0.05, 0) is 69.7 Å². The maximum absolute atomic E-state index is 13.1. The molecule has 0 saturated carbocycles. The Morgan fingerprint density at radius 1 is 1.11 bits per heavy atom. The number of carbonyl (C=O) groups excluding carboxylic acids is 2. The normalized spacial score (nSPS) is 14.8. The molecule has 1 N–H and O–H groups in total. The molecule has 2 amide bonds. The maximum Gasteiger partial charge on any atom is 0.268 e. The predicted octanol–water partition coefficient (Wildman–Crippen LogP) is 5.55. The molecule has 3 heterocycles. The Morgan fingerprint density at radius 2 is 1.94 bits per heavy atom. The molecule has 182 valence electrons. The van der Waals surface area contributed by atoms with Gasteiger partial charge in [0, 0.05) is 22.3 Å². The zero-order valence-electron chi connectivity index (χ0n) is 20.5. The van der Waals surface area contributed by atoms with E-state index in [-0.39, 0.29) is 18.4 Å². The number of amides is 2. The number of anilines is 2. The number of nitrogens with one attached hydrogen (secondary N) is 1. The van der Waals surface area contributed by atoms with Crippen LogP contribution in [0.4, 0.5) is 11.4 Å². The second-order valence-electron chi connectivity index (χ2n) is 8.87. The number of rotatable bonds is 5. The molecule has 0 aliphatic carbocycles. The standard InChI is InChI=1S/C28H26N4O3S/c1-16-8-10-21(17(2)13-16)30-25(33)15-32-23-14-20(9-11-24(23)35-18(3)28(32)34)26-19(4)36-27(31-26)22-7-5-6-12-29-22/h5-14,18H,15H2,1-4H3,(H,30,33). The minimum atomic E-state index is -0.686. The van der Waals surface area contributed by atoms with Crippen LogP contribution in [0.3, 0.4) is 0 Å². The van der Waals surface area contributed by atoms with Crippen LogP contribution >= 0.6 is 11.3 Å². The van der Waals surface area contributed by atoms with Gasteiger partial charge in [0.05, 0.1) is 17.1 Å². The van der Waals surface area contributed by atoms with Crippen molar-refractivity contribution in [3.05, 3.63) is 76.8 Å². The lowest BCUT2D eigenvalue weighted by Gasteiger charge is -2.33. The van der Waals surface area contributed by atoms with E-state index in [9.17, 15) is 9.59 Å². The molecule has 0 saturated heterocycles. The lowest BCUT2D eigenvalue weighted by molar-refractivity contribution is -0.127. The van der Waals surface area contributed by atoms with E-state index in [2.05, 4.69) is 10.3 Å². The molecule has 0 spiro atoms. The predicted molar refractivity (Wildman–Crippen MR) is 143 cm³/mol. The van der Waals surface area contributed by atoms with E-state index in [1.165, 1.54) is 4.90 Å². The van der Waals surface area contributed by atoms with Crippen LogP contribution in [-0.4, -0.2) is 34.4 Å². The van der Waals surface area contributed by atoms with E-state index >= 15 is 0 Å². The van der Waals surface area contributed by atoms with Crippen molar-refractivity contribution in [1.29, 1.82) is 0 Å². The molecule has 1 aliphatic heterocycles. The van der Waals surface area contributed by atoms with Gasteiger partial charge in [-0.2, -0.15) is 0 Å². The number of pyridine rings is 1. The Hall–Kier alpha value is -4.04. The molecule has 0 bridgehead atoms. The van der Waals surface area contributed by atoms with E-state index in [4.69, 9.17) is 9.72 Å². The molecule has 8 heteroatoms. The second-order valence-corrected chi connectivity index (χ2v) is 10.1. The number of benzene rings is 2. The fraction of sp³-hybridized carbons (Fsp3) is 0.214. The highest BCUT2D eigenvalue weighted by Gasteiger charge is 2.33. The summed E-state index contributed by atoms with van der Waals surface area (Å²) in [6.07, 6.45) is 1.06. The molecule has 1 aliphatic rings. The largest absolute Gasteiger partial charge is 0.479 e. The maximum atomic E-state index is 13.1. The molecule has 1 unspecified atom stereocenters. The van der Waals surface area contributed by atoms with E-state index in [1.807, 2.05) is 75.4 Å². The average Bonchev–Trinajstić information content (AvgIpc) is 3.25. The Balaban J connectivity index is 1.46. The van der Waals surface area contributed by atoms with E-state index in [0.29, 0.717) is 11.4 Å². The van der Waals surface area contributed by atoms with Crippen molar-refractivity contribution in [1.82, 2.24) is 9.97 Å². The number of aromatic nitrogens is 2. The molecule has 1 atom stereocenters. The van der Waals surface area contributed by atoms with Gasteiger partial charge in [0.15, 0.2) is 6.10 Å². The van der Waals surface area contributed by atoms with E-state index in [0.717, 1.165) is 43.7 Å². The van der Waals surface area contributed by atoms with Gasteiger partial charge in [-0.3, -0.25) is 19.5 Å². The van der Waals surface area contributed by atoms with Crippen molar-refractivity contribution in [2.24, 2.45) is 0 Å². The van der Waals surface area contributed by atoms with Crippen molar-refractivity contribution in [3.63, 3.8) is 0 Å². The Bertz CT molecular complexity index is 1470. The number of nitrogens with zero attached hydrogens (tertiary/aromatic N) is 3. The lowest BCUT2D eigenvalue weighted by Crippen LogP contribution is -2.47. The van der Waals surface area contributed by atoms with Crippen LogP contribution in [-0.2, 0) is 9.59 Å². The highest BCUT2D eigenvalue weighted by molar-refractivity contribution is 7.15. The van der Waals surface area contributed by atoms with Crippen LogP contribution in [0.25, 0.3) is 22.0 Å². The summed E-state index contributed by atoms with van der Waals surface area (Å²) in [6.45, 7) is 7.53. The number of hydrogen-bond donors (Lipinski definition) is 1. The first-order valence-corrected chi connectivity index (χ1v) is 12.5. The average molecular weight is 499 g/mol. The van der Waals surface area contributed by atoms with Crippen LogP contribution < -0.4 is 15.0 Å². The van der Waals surface area contributed by atoms with Gasteiger partial charge in [-0.25, -0.2) is 4.98 Å². The lowest BCUT2D eigenvalue weighted by atomic mass is 10.1. The van der Waals surface area contributed by atoms with Crippen LogP contribution in [0, 0.1) is 20.8 Å². The first kappa shape index (κ1) is 23.7. The summed E-state index contributed by atoms with van der Waals surface area (Å²) >= 11 is 1.57. The number of ether oxygens (including phenoxy) is 1. The molecule has 36 heavy (non-hydrogen) atoms. The topological polar surface area (TPSA) is 84.4 Å². The summed E-state index contributed by atoms with van der Waals surface area (Å²) < 4.78 is 5.85. The van der Waals surface area contributed by atoms with Crippen molar-refractivity contribution in [2.45, 2.75) is 33.8 Å². The molecule has 7 nitrogen and oxygen atoms in total. The molecule has 0 radical (unpaired) electrons. The fourth-order valence-corrected chi connectivity index (χ4v) is 5.18. The van der Waals surface area contributed by atoms with Gasteiger partial charge in [0.25, 0.3) is 5.91 Å². The fourth-order valence-electron chi connectivity index (χ4n) is 4.27. The number of aryl methyl sites for hydroxylation is 3. The highest BCUT2D eigenvalue weighted by Crippen LogP contribution is 2.40. The molecule has 2 aromatic carbocycles. The molecular weight excluding hydrogens is 472 g/mol. The Labute approximate surface area is 213 Å². The summed E-state index contributed by atoms with van der Waals surface area (Å²) in [5, 5.41) is 3.76. The third-order valence-electron chi connectivity index (χ3n) is 6.08. The second kappa shape index (κ2) is 9.54. The van der Waals surface area contributed by atoms with Crippen molar-refractivity contribution < 1.29 is 14.3 Å². The summed E-state index contributed by atoms with van der Waals surface area (Å²) in [7, 11) is 0. The SMILES string of the molecule is Cc1ccc(NC(=O)CN2C(=O)C(C)Oc3ccc(-c4nc(-c5ccccn5)sc4C)cc32)c(C)c1. The Morgan fingerprint density at radius 3 is 2.69 bits per heavy atom. The minimum Gasteiger partial charge on any atom is -0.479 e. The molecule has 4 aromatic rings. The molecule has 0 fully saturated rings. The number of thiazole rings is 1. The van der Waals surface area contributed by atoms with Crippen LogP contribution in [0.1, 0.15) is 22.9 Å². The molecule has 5 rings (SSSR count). The third-order valence-corrected chi connectivity index (χ3v) is 7.07. The van der Waals surface area contributed by atoms with Gasteiger partial charge in [-0.15, -0.1) is 11.3 Å². The zero-order chi connectivity index (χ0) is 25.4. The summed E-state index contributed by atoms with van der Waals surface area (Å²) in [4.78, 5) is 37.8. The minimum absolute atomic E-state index is 0.120. The monoisotopic (exact) mass is 498 g/mol. The molecular formula is C28H26N4O3S. The van der Waals surface area contributed by atoms with Gasteiger partial charge in [-0.1, -0.05) is 23.8 Å². The summed E-state index contributed by atoms with van der Waals surface area (Å²) in [6, 6.07) is 17.2. The number of hydrogen-bond acceptors (Lipinski definition) is 6.